The minimum atomic E-state index is -0.194. The van der Waals surface area contributed by atoms with E-state index < -0.39 is 0 Å². The van der Waals surface area contributed by atoms with Crippen molar-refractivity contribution in [1.29, 1.82) is 0 Å². The number of carbonyl (C=O) groups excluding carboxylic acids is 1. The van der Waals surface area contributed by atoms with Gasteiger partial charge >= 0.3 is 6.03 Å². The highest BCUT2D eigenvalue weighted by Gasteiger charge is 2.28. The summed E-state index contributed by atoms with van der Waals surface area (Å²) in [6.07, 6.45) is 3.03. The fraction of sp³-hybridized carbons (Fsp3) is 0.316. The number of furan rings is 1. The van der Waals surface area contributed by atoms with E-state index in [1.807, 2.05) is 0 Å². The number of halogens is 1. The molecule has 4 rings (SSSR count). The highest BCUT2D eigenvalue weighted by Crippen LogP contribution is 2.31. The predicted octanol–water partition coefficient (Wildman–Crippen LogP) is 4.40. The van der Waals surface area contributed by atoms with E-state index in [0.29, 0.717) is 47.1 Å². The second-order valence-electron chi connectivity index (χ2n) is 6.46. The fourth-order valence-electron chi connectivity index (χ4n) is 3.20. The minimum absolute atomic E-state index is 0.112. The summed E-state index contributed by atoms with van der Waals surface area (Å²) < 4.78 is 16.3. The summed E-state index contributed by atoms with van der Waals surface area (Å²) >= 11 is 6.02. The van der Waals surface area contributed by atoms with Crippen LogP contribution in [0, 0.1) is 0 Å². The number of nitrogens with one attached hydrogen (secondary N) is 1. The number of amides is 2. The molecule has 1 saturated heterocycles. The number of ether oxygens (including phenoxy) is 1. The van der Waals surface area contributed by atoms with Crippen LogP contribution in [0.5, 0.6) is 5.75 Å². The van der Waals surface area contributed by atoms with Crippen molar-refractivity contribution in [1.82, 2.24) is 15.1 Å². The van der Waals surface area contributed by atoms with E-state index in [1.54, 1.807) is 48.6 Å². The summed E-state index contributed by atoms with van der Waals surface area (Å²) in [7, 11) is 1.55. The van der Waals surface area contributed by atoms with E-state index in [0.717, 1.165) is 12.8 Å². The van der Waals surface area contributed by atoms with Crippen LogP contribution in [0.4, 0.5) is 10.5 Å². The van der Waals surface area contributed by atoms with E-state index in [2.05, 4.69) is 15.5 Å². The lowest BCUT2D eigenvalue weighted by Gasteiger charge is -2.30. The second-order valence-corrected chi connectivity index (χ2v) is 6.90. The van der Waals surface area contributed by atoms with Gasteiger partial charge in [-0.3, -0.25) is 0 Å². The molecule has 0 saturated carbocycles. The number of methoxy groups -OCH3 is 1. The molecule has 1 aromatic carbocycles. The Morgan fingerprint density at radius 1 is 1.29 bits per heavy atom. The van der Waals surface area contributed by atoms with Crippen molar-refractivity contribution in [2.75, 3.05) is 25.5 Å². The molecular formula is C19H19ClN4O4. The van der Waals surface area contributed by atoms with Crippen molar-refractivity contribution in [2.24, 2.45) is 0 Å². The first kappa shape index (κ1) is 18.4. The van der Waals surface area contributed by atoms with Crippen LogP contribution in [0.2, 0.25) is 5.02 Å². The SMILES string of the molecule is COc1ccc(Cl)cc1NC(=O)N1CCC(c2nnc(-c3ccco3)o2)CC1. The summed E-state index contributed by atoms with van der Waals surface area (Å²) in [4.78, 5) is 14.4. The number of rotatable bonds is 4. The van der Waals surface area contributed by atoms with Crippen molar-refractivity contribution in [2.45, 2.75) is 18.8 Å². The Morgan fingerprint density at radius 2 is 2.11 bits per heavy atom. The summed E-state index contributed by atoms with van der Waals surface area (Å²) in [5, 5.41) is 11.6. The first-order valence-corrected chi connectivity index (χ1v) is 9.28. The van der Waals surface area contributed by atoms with Gasteiger partial charge in [-0.05, 0) is 43.2 Å². The molecular weight excluding hydrogens is 384 g/mol. The fourth-order valence-corrected chi connectivity index (χ4v) is 3.37. The van der Waals surface area contributed by atoms with Gasteiger partial charge in [-0.15, -0.1) is 10.2 Å². The molecule has 2 amide bonds. The standard InChI is InChI=1S/C19H19ClN4O4/c1-26-15-5-4-13(20)11-14(15)21-19(25)24-8-6-12(7-9-24)17-22-23-18(28-17)16-3-2-10-27-16/h2-5,10-12H,6-9H2,1H3,(H,21,25). The van der Waals surface area contributed by atoms with Gasteiger partial charge in [0, 0.05) is 24.0 Å². The summed E-state index contributed by atoms with van der Waals surface area (Å²) in [6, 6.07) is 8.44. The molecule has 9 heteroatoms. The monoisotopic (exact) mass is 402 g/mol. The van der Waals surface area contributed by atoms with Crippen molar-refractivity contribution >= 4 is 23.3 Å². The summed E-state index contributed by atoms with van der Waals surface area (Å²) in [6.45, 7) is 1.16. The number of hydrogen-bond acceptors (Lipinski definition) is 6. The lowest BCUT2D eigenvalue weighted by molar-refractivity contribution is 0.190. The molecule has 3 heterocycles. The topological polar surface area (TPSA) is 93.6 Å². The highest BCUT2D eigenvalue weighted by atomic mass is 35.5. The van der Waals surface area contributed by atoms with Gasteiger partial charge in [-0.1, -0.05) is 11.6 Å². The smallest absolute Gasteiger partial charge is 0.321 e. The third kappa shape index (κ3) is 3.82. The van der Waals surface area contributed by atoms with Crippen LogP contribution in [0.1, 0.15) is 24.7 Å². The van der Waals surface area contributed by atoms with Gasteiger partial charge in [0.05, 0.1) is 19.1 Å². The number of nitrogens with zero attached hydrogens (tertiary/aromatic N) is 3. The normalized spacial score (nSPS) is 14.9. The number of benzene rings is 1. The maximum atomic E-state index is 12.6. The molecule has 8 nitrogen and oxygen atoms in total. The van der Waals surface area contributed by atoms with Crippen molar-refractivity contribution in [3.63, 3.8) is 0 Å². The molecule has 1 aliphatic rings. The van der Waals surface area contributed by atoms with Crippen LogP contribution in [0.3, 0.4) is 0 Å². The largest absolute Gasteiger partial charge is 0.495 e. The number of aromatic nitrogens is 2. The Labute approximate surface area is 166 Å². The average Bonchev–Trinajstić information content (AvgIpc) is 3.40. The lowest BCUT2D eigenvalue weighted by atomic mass is 9.97. The van der Waals surface area contributed by atoms with Gasteiger partial charge < -0.3 is 23.8 Å². The zero-order chi connectivity index (χ0) is 19.5. The van der Waals surface area contributed by atoms with Crippen LogP contribution in [0.25, 0.3) is 11.7 Å². The molecule has 1 aliphatic heterocycles. The molecule has 146 valence electrons. The van der Waals surface area contributed by atoms with Crippen molar-refractivity contribution in [3.05, 3.63) is 47.5 Å². The van der Waals surface area contributed by atoms with E-state index in [-0.39, 0.29) is 11.9 Å². The third-order valence-corrected chi connectivity index (χ3v) is 4.94. The Kier molecular flexibility index (Phi) is 5.21. The van der Waals surface area contributed by atoms with E-state index >= 15 is 0 Å². The van der Waals surface area contributed by atoms with Crippen molar-refractivity contribution in [3.8, 4) is 17.4 Å². The molecule has 2 aromatic heterocycles. The Bertz CT molecular complexity index is 949. The molecule has 0 bridgehead atoms. The molecule has 0 unspecified atom stereocenters. The Balaban J connectivity index is 1.36. The summed E-state index contributed by atoms with van der Waals surface area (Å²) in [5.74, 6) is 2.16. The van der Waals surface area contributed by atoms with Gasteiger partial charge in [0.25, 0.3) is 5.89 Å². The first-order valence-electron chi connectivity index (χ1n) is 8.91. The van der Waals surface area contributed by atoms with Gasteiger partial charge in [0.2, 0.25) is 5.89 Å². The van der Waals surface area contributed by atoms with Gasteiger partial charge in [-0.2, -0.15) is 0 Å². The molecule has 28 heavy (non-hydrogen) atoms. The maximum Gasteiger partial charge on any atom is 0.321 e. The molecule has 1 N–H and O–H groups in total. The highest BCUT2D eigenvalue weighted by molar-refractivity contribution is 6.31. The number of piperidine rings is 1. The number of likely N-dealkylation sites (tertiary alicyclic amines) is 1. The van der Waals surface area contributed by atoms with E-state index in [9.17, 15) is 4.79 Å². The number of hydrogen-bond donors (Lipinski definition) is 1. The zero-order valence-corrected chi connectivity index (χ0v) is 16.0. The van der Waals surface area contributed by atoms with Crippen LogP contribution in [-0.2, 0) is 0 Å². The molecule has 3 aromatic rings. The number of carbonyl (C=O) groups is 1. The molecule has 0 radical (unpaired) electrons. The Morgan fingerprint density at radius 3 is 2.82 bits per heavy atom. The maximum absolute atomic E-state index is 12.6. The van der Waals surface area contributed by atoms with Crippen LogP contribution < -0.4 is 10.1 Å². The zero-order valence-electron chi connectivity index (χ0n) is 15.2. The van der Waals surface area contributed by atoms with Gasteiger partial charge in [0.15, 0.2) is 5.76 Å². The van der Waals surface area contributed by atoms with Crippen LogP contribution >= 0.6 is 11.6 Å². The van der Waals surface area contributed by atoms with Crippen molar-refractivity contribution < 1.29 is 18.4 Å². The van der Waals surface area contributed by atoms with E-state index in [1.165, 1.54) is 0 Å². The van der Waals surface area contributed by atoms with E-state index in [4.69, 9.17) is 25.2 Å². The van der Waals surface area contributed by atoms with Crippen LogP contribution in [-0.4, -0.2) is 41.3 Å². The third-order valence-electron chi connectivity index (χ3n) is 4.71. The predicted molar refractivity (Wildman–Crippen MR) is 103 cm³/mol. The molecule has 0 atom stereocenters. The molecule has 0 aliphatic carbocycles. The average molecular weight is 403 g/mol. The number of anilines is 1. The minimum Gasteiger partial charge on any atom is -0.495 e. The summed E-state index contributed by atoms with van der Waals surface area (Å²) in [5.41, 5.74) is 0.544. The lowest BCUT2D eigenvalue weighted by Crippen LogP contribution is -2.40. The molecule has 0 spiro atoms. The molecule has 1 fully saturated rings. The quantitative estimate of drug-likeness (QED) is 0.695. The second kappa shape index (κ2) is 7.93. The van der Waals surface area contributed by atoms with Gasteiger partial charge in [0.1, 0.15) is 5.75 Å². The Hall–Kier alpha value is -3.00. The van der Waals surface area contributed by atoms with Gasteiger partial charge in [-0.25, -0.2) is 4.79 Å². The first-order chi connectivity index (χ1) is 13.6. The number of urea groups is 1. The van der Waals surface area contributed by atoms with Crippen LogP contribution in [0.15, 0.2) is 45.4 Å².